The summed E-state index contributed by atoms with van der Waals surface area (Å²) in [6, 6.07) is 0. The second-order valence-corrected chi connectivity index (χ2v) is 4.94. The van der Waals surface area contributed by atoms with Crippen LogP contribution in [-0.2, 0) is 4.79 Å². The minimum Gasteiger partial charge on any atom is -0.303 e. The van der Waals surface area contributed by atoms with Gasteiger partial charge in [0.1, 0.15) is 6.29 Å². The molecule has 0 spiro atoms. The molecule has 70 valence electrons. The minimum atomic E-state index is 0.595. The van der Waals surface area contributed by atoms with Gasteiger partial charge in [-0.3, -0.25) is 0 Å². The Bertz CT molecular complexity index is 256. The highest BCUT2D eigenvalue weighted by Crippen LogP contribution is 2.58. The molecule has 0 unspecified atom stereocenters. The van der Waals surface area contributed by atoms with Gasteiger partial charge >= 0.3 is 0 Å². The van der Waals surface area contributed by atoms with Crippen LogP contribution in [0, 0.1) is 29.6 Å². The fourth-order valence-electron chi connectivity index (χ4n) is 4.05. The maximum atomic E-state index is 10.5. The first-order valence-electron chi connectivity index (χ1n) is 5.52. The van der Waals surface area contributed by atoms with E-state index in [0.717, 1.165) is 36.4 Å². The third-order valence-corrected chi connectivity index (χ3v) is 4.49. The van der Waals surface area contributed by atoms with E-state index in [-0.39, 0.29) is 0 Å². The molecule has 1 nitrogen and oxygen atoms in total. The van der Waals surface area contributed by atoms with Crippen molar-refractivity contribution in [2.24, 2.45) is 29.6 Å². The Morgan fingerprint density at radius 2 is 2.08 bits per heavy atom. The van der Waals surface area contributed by atoms with E-state index >= 15 is 0 Å². The number of aldehydes is 1. The average Bonchev–Trinajstić information content (AvgIpc) is 2.74. The van der Waals surface area contributed by atoms with Crippen molar-refractivity contribution >= 4 is 6.29 Å². The quantitative estimate of drug-likeness (QED) is 0.466. The van der Waals surface area contributed by atoms with Crippen LogP contribution in [0.2, 0.25) is 0 Å². The van der Waals surface area contributed by atoms with Gasteiger partial charge in [-0.25, -0.2) is 0 Å². The molecule has 3 aliphatic carbocycles. The van der Waals surface area contributed by atoms with E-state index in [2.05, 4.69) is 12.2 Å². The van der Waals surface area contributed by atoms with Crippen molar-refractivity contribution in [3.8, 4) is 0 Å². The number of allylic oxidation sites excluding steroid dienone is 2. The van der Waals surface area contributed by atoms with Crippen LogP contribution in [0.15, 0.2) is 12.2 Å². The zero-order chi connectivity index (χ0) is 8.84. The summed E-state index contributed by atoms with van der Waals surface area (Å²) in [5.41, 5.74) is 0. The van der Waals surface area contributed by atoms with E-state index in [4.69, 9.17) is 0 Å². The summed E-state index contributed by atoms with van der Waals surface area (Å²) in [4.78, 5) is 10.5. The third kappa shape index (κ3) is 0.962. The fraction of sp³-hybridized carbons (Fsp3) is 0.750. The molecule has 3 rings (SSSR count). The van der Waals surface area contributed by atoms with E-state index in [1.165, 1.54) is 19.3 Å². The monoisotopic (exact) mass is 176 g/mol. The maximum absolute atomic E-state index is 10.5. The summed E-state index contributed by atoms with van der Waals surface area (Å²) in [6.45, 7) is 0. The van der Waals surface area contributed by atoms with Crippen LogP contribution < -0.4 is 0 Å². The normalized spacial score (nSPS) is 51.2. The predicted molar refractivity (Wildman–Crippen MR) is 51.1 cm³/mol. The van der Waals surface area contributed by atoms with Crippen molar-refractivity contribution in [1.29, 1.82) is 0 Å². The molecule has 1 heteroatoms. The van der Waals surface area contributed by atoms with Crippen LogP contribution in [-0.4, -0.2) is 6.29 Å². The van der Waals surface area contributed by atoms with Crippen molar-refractivity contribution in [3.05, 3.63) is 12.2 Å². The number of carbonyl (C=O) groups excluding carboxylic acids is 1. The van der Waals surface area contributed by atoms with Gasteiger partial charge in [0, 0.05) is 6.42 Å². The number of fused-ring (bicyclic) bond motifs is 5. The van der Waals surface area contributed by atoms with Crippen LogP contribution in [0.25, 0.3) is 0 Å². The van der Waals surface area contributed by atoms with Gasteiger partial charge < -0.3 is 4.79 Å². The zero-order valence-electron chi connectivity index (χ0n) is 7.86. The number of hydrogen-bond acceptors (Lipinski definition) is 1. The summed E-state index contributed by atoms with van der Waals surface area (Å²) in [7, 11) is 0. The van der Waals surface area contributed by atoms with E-state index in [9.17, 15) is 4.79 Å². The molecule has 0 aromatic rings. The molecular weight excluding hydrogens is 160 g/mol. The lowest BCUT2D eigenvalue weighted by Crippen LogP contribution is -2.23. The van der Waals surface area contributed by atoms with Gasteiger partial charge in [0.05, 0.1) is 0 Å². The molecule has 5 atom stereocenters. The highest BCUT2D eigenvalue weighted by atomic mass is 16.1. The van der Waals surface area contributed by atoms with Crippen LogP contribution in [0.4, 0.5) is 0 Å². The van der Waals surface area contributed by atoms with Gasteiger partial charge in [0.2, 0.25) is 0 Å². The number of carbonyl (C=O) groups is 1. The summed E-state index contributed by atoms with van der Waals surface area (Å²) in [5, 5.41) is 0. The molecule has 0 radical (unpaired) electrons. The Morgan fingerprint density at radius 1 is 1.23 bits per heavy atom. The molecule has 0 aliphatic heterocycles. The average molecular weight is 176 g/mol. The lowest BCUT2D eigenvalue weighted by atomic mass is 9.76. The molecule has 2 fully saturated rings. The lowest BCUT2D eigenvalue weighted by Gasteiger charge is -2.28. The molecule has 0 aromatic heterocycles. The second-order valence-electron chi connectivity index (χ2n) is 4.94. The molecule has 0 aromatic carbocycles. The molecule has 0 N–H and O–H groups in total. The van der Waals surface area contributed by atoms with Crippen molar-refractivity contribution in [2.45, 2.75) is 25.7 Å². The predicted octanol–water partition coefficient (Wildman–Crippen LogP) is 2.42. The maximum Gasteiger partial charge on any atom is 0.120 e. The van der Waals surface area contributed by atoms with Crippen molar-refractivity contribution in [1.82, 2.24) is 0 Å². The van der Waals surface area contributed by atoms with Crippen LogP contribution in [0.1, 0.15) is 25.7 Å². The lowest BCUT2D eigenvalue weighted by molar-refractivity contribution is -0.108. The molecule has 13 heavy (non-hydrogen) atoms. The Balaban J connectivity index is 1.83. The Morgan fingerprint density at radius 3 is 2.92 bits per heavy atom. The molecule has 3 aliphatic rings. The van der Waals surface area contributed by atoms with Crippen molar-refractivity contribution in [3.63, 3.8) is 0 Å². The van der Waals surface area contributed by atoms with E-state index in [1.54, 1.807) is 0 Å². The van der Waals surface area contributed by atoms with Crippen molar-refractivity contribution < 1.29 is 4.79 Å². The van der Waals surface area contributed by atoms with Gasteiger partial charge in [-0.15, -0.1) is 0 Å². The first kappa shape index (κ1) is 7.78. The second kappa shape index (κ2) is 2.70. The smallest absolute Gasteiger partial charge is 0.120 e. The molecule has 2 saturated carbocycles. The first-order chi connectivity index (χ1) is 6.40. The Hall–Kier alpha value is -0.590. The zero-order valence-corrected chi connectivity index (χ0v) is 7.86. The van der Waals surface area contributed by atoms with Crippen LogP contribution in [0.3, 0.4) is 0 Å². The van der Waals surface area contributed by atoms with Gasteiger partial charge in [0.25, 0.3) is 0 Å². The van der Waals surface area contributed by atoms with E-state index in [1.807, 2.05) is 0 Å². The summed E-state index contributed by atoms with van der Waals surface area (Å²) < 4.78 is 0. The number of rotatable bonds is 2. The highest BCUT2D eigenvalue weighted by Gasteiger charge is 2.50. The van der Waals surface area contributed by atoms with Crippen LogP contribution >= 0.6 is 0 Å². The van der Waals surface area contributed by atoms with Gasteiger partial charge in [-0.05, 0) is 48.9 Å². The molecule has 0 heterocycles. The molecule has 0 amide bonds. The van der Waals surface area contributed by atoms with Crippen LogP contribution in [0.5, 0.6) is 0 Å². The first-order valence-corrected chi connectivity index (χ1v) is 5.52. The molecular formula is C12H16O. The third-order valence-electron chi connectivity index (χ3n) is 4.49. The molecule has 0 saturated heterocycles. The topological polar surface area (TPSA) is 17.1 Å². The Labute approximate surface area is 79.2 Å². The Kier molecular flexibility index (Phi) is 1.61. The largest absolute Gasteiger partial charge is 0.303 e. The fourth-order valence-corrected chi connectivity index (χ4v) is 4.05. The highest BCUT2D eigenvalue weighted by molar-refractivity contribution is 5.51. The summed E-state index contributed by atoms with van der Waals surface area (Å²) in [6.07, 6.45) is 10.9. The SMILES string of the molecule is O=CC[C@@H]1C=C[C@H]2[C@H]3CC[C@H](C3)[C@H]21. The van der Waals surface area contributed by atoms with Gasteiger partial charge in [-0.1, -0.05) is 12.2 Å². The number of hydrogen-bond donors (Lipinski definition) is 0. The van der Waals surface area contributed by atoms with E-state index < -0.39 is 0 Å². The van der Waals surface area contributed by atoms with Gasteiger partial charge in [0.15, 0.2) is 0 Å². The van der Waals surface area contributed by atoms with E-state index in [0.29, 0.717) is 5.92 Å². The summed E-state index contributed by atoms with van der Waals surface area (Å²) in [5.74, 6) is 4.23. The standard InChI is InChI=1S/C12H16O/c13-6-5-8-3-4-11-9-1-2-10(7-9)12(8)11/h3-4,6,8-12H,1-2,5,7H2/t8-,9-,10+,11-,12+/m0/s1. The van der Waals surface area contributed by atoms with Gasteiger partial charge in [-0.2, -0.15) is 0 Å². The molecule has 2 bridgehead atoms. The van der Waals surface area contributed by atoms with Crippen molar-refractivity contribution in [2.75, 3.05) is 0 Å². The minimum absolute atomic E-state index is 0.595. The summed E-state index contributed by atoms with van der Waals surface area (Å²) >= 11 is 0.